The molecule has 0 radical (unpaired) electrons. The van der Waals surface area contributed by atoms with Gasteiger partial charge in [0.1, 0.15) is 18.2 Å². The Labute approximate surface area is 186 Å². The van der Waals surface area contributed by atoms with Gasteiger partial charge in [-0.3, -0.25) is 4.79 Å². The largest absolute Gasteiger partial charge is 0.484 e. The monoisotopic (exact) mass is 452 g/mol. The predicted octanol–water partition coefficient (Wildman–Crippen LogP) is 3.36. The van der Waals surface area contributed by atoms with Crippen LogP contribution < -0.4 is 10.5 Å². The maximum Gasteiger partial charge on any atom is 0.378 e. The molecular weight excluding hydrogens is 435 g/mol. The van der Waals surface area contributed by atoms with Gasteiger partial charge in [0.05, 0.1) is 10.6 Å². The third-order valence-corrected chi connectivity index (χ3v) is 5.12. The highest BCUT2D eigenvalue weighted by atomic mass is 32.1. The van der Waals surface area contributed by atoms with Crippen LogP contribution in [0.3, 0.4) is 0 Å². The number of primary amides is 1. The second kappa shape index (κ2) is 9.40. The minimum Gasteiger partial charge on any atom is -0.484 e. The third-order valence-electron chi connectivity index (χ3n) is 4.25. The van der Waals surface area contributed by atoms with E-state index in [1.165, 1.54) is 28.2 Å². The fourth-order valence-electron chi connectivity index (χ4n) is 2.82. The van der Waals surface area contributed by atoms with Crippen LogP contribution in [0.1, 0.15) is 16.2 Å². The van der Waals surface area contributed by atoms with E-state index in [-0.39, 0.29) is 24.9 Å². The zero-order valence-electron chi connectivity index (χ0n) is 16.6. The zero-order chi connectivity index (χ0) is 22.5. The van der Waals surface area contributed by atoms with Crippen molar-refractivity contribution in [3.8, 4) is 22.1 Å². The number of hydrogen-bond donors (Lipinski definition) is 1. The number of carbonyl (C=O) groups excluding carboxylic acids is 2. The highest BCUT2D eigenvalue weighted by molar-refractivity contribution is 7.13. The van der Waals surface area contributed by atoms with Crippen molar-refractivity contribution in [2.75, 3.05) is 6.61 Å². The molecule has 4 aromatic rings. The minimum absolute atomic E-state index is 0.0496. The standard InChI is InChI=1S/C22H17FN4O4S/c23-15-6-8-16(9-7-15)27-21(18-5-2-10-32-18)25-20(26-27)22(29)31-12-14-3-1-4-17(11-14)30-13-19(24)28/h1-11H,12-13H2,(H2,24,28). The van der Waals surface area contributed by atoms with Crippen LogP contribution in [0.15, 0.2) is 66.0 Å². The first-order chi connectivity index (χ1) is 15.5. The number of aromatic nitrogens is 3. The summed E-state index contributed by atoms with van der Waals surface area (Å²) in [5, 5.41) is 6.16. The molecule has 32 heavy (non-hydrogen) atoms. The van der Waals surface area contributed by atoms with Crippen molar-refractivity contribution in [3.05, 3.63) is 83.2 Å². The van der Waals surface area contributed by atoms with Gasteiger partial charge in [-0.05, 0) is 53.4 Å². The lowest BCUT2D eigenvalue weighted by Crippen LogP contribution is -2.20. The summed E-state index contributed by atoms with van der Waals surface area (Å²) in [6, 6.07) is 16.2. The fourth-order valence-corrected chi connectivity index (χ4v) is 3.52. The van der Waals surface area contributed by atoms with Crippen LogP contribution in [0, 0.1) is 5.82 Å². The summed E-state index contributed by atoms with van der Waals surface area (Å²) in [5.74, 6) is -0.943. The number of halogens is 1. The number of carbonyl (C=O) groups is 2. The van der Waals surface area contributed by atoms with E-state index >= 15 is 0 Å². The molecule has 2 heterocycles. The summed E-state index contributed by atoms with van der Waals surface area (Å²) in [4.78, 5) is 28.6. The van der Waals surface area contributed by atoms with Gasteiger partial charge in [-0.1, -0.05) is 18.2 Å². The predicted molar refractivity (Wildman–Crippen MR) is 115 cm³/mol. The maximum atomic E-state index is 13.3. The molecule has 0 bridgehead atoms. The van der Waals surface area contributed by atoms with Gasteiger partial charge in [0, 0.05) is 0 Å². The van der Waals surface area contributed by atoms with Gasteiger partial charge >= 0.3 is 5.97 Å². The van der Waals surface area contributed by atoms with E-state index < -0.39 is 11.9 Å². The Morgan fingerprint density at radius 2 is 1.91 bits per heavy atom. The summed E-state index contributed by atoms with van der Waals surface area (Å²) in [6.45, 7) is -0.300. The van der Waals surface area contributed by atoms with Crippen molar-refractivity contribution < 1.29 is 23.5 Å². The number of thiophene rings is 1. The van der Waals surface area contributed by atoms with Gasteiger partial charge in [0.15, 0.2) is 12.4 Å². The van der Waals surface area contributed by atoms with E-state index in [9.17, 15) is 14.0 Å². The van der Waals surface area contributed by atoms with Crippen LogP contribution in [0.2, 0.25) is 0 Å². The molecule has 2 N–H and O–H groups in total. The van der Waals surface area contributed by atoms with Crippen LogP contribution in [0.5, 0.6) is 5.75 Å². The molecule has 2 aromatic heterocycles. The number of amides is 1. The first-order valence-electron chi connectivity index (χ1n) is 9.43. The number of rotatable bonds is 8. The Hall–Kier alpha value is -4.05. The van der Waals surface area contributed by atoms with Gasteiger partial charge in [0.2, 0.25) is 0 Å². The van der Waals surface area contributed by atoms with E-state index in [1.54, 1.807) is 36.4 Å². The van der Waals surface area contributed by atoms with Gasteiger partial charge < -0.3 is 15.2 Å². The van der Waals surface area contributed by atoms with Crippen LogP contribution >= 0.6 is 11.3 Å². The lowest BCUT2D eigenvalue weighted by atomic mass is 10.2. The van der Waals surface area contributed by atoms with Crippen molar-refractivity contribution in [2.24, 2.45) is 5.73 Å². The molecule has 0 aliphatic heterocycles. The van der Waals surface area contributed by atoms with Crippen molar-refractivity contribution in [1.29, 1.82) is 0 Å². The molecule has 10 heteroatoms. The van der Waals surface area contributed by atoms with E-state index in [4.69, 9.17) is 15.2 Å². The number of esters is 1. The van der Waals surface area contributed by atoms with Crippen LogP contribution in [0.25, 0.3) is 16.4 Å². The Morgan fingerprint density at radius 3 is 2.62 bits per heavy atom. The Morgan fingerprint density at radius 1 is 1.09 bits per heavy atom. The van der Waals surface area contributed by atoms with Crippen molar-refractivity contribution >= 4 is 23.2 Å². The van der Waals surface area contributed by atoms with Gasteiger partial charge in [0.25, 0.3) is 11.7 Å². The normalized spacial score (nSPS) is 10.7. The summed E-state index contributed by atoms with van der Waals surface area (Å²) >= 11 is 1.44. The first-order valence-corrected chi connectivity index (χ1v) is 10.3. The molecule has 162 valence electrons. The molecule has 1 amide bonds. The molecule has 0 aliphatic carbocycles. The Balaban J connectivity index is 1.53. The molecule has 0 spiro atoms. The average molecular weight is 452 g/mol. The second-order valence-electron chi connectivity index (χ2n) is 6.60. The Bertz CT molecular complexity index is 1240. The van der Waals surface area contributed by atoms with Crippen molar-refractivity contribution in [2.45, 2.75) is 6.61 Å². The molecule has 4 rings (SSSR count). The smallest absolute Gasteiger partial charge is 0.378 e. The summed E-state index contributed by atoms with van der Waals surface area (Å²) in [6.07, 6.45) is 0. The van der Waals surface area contributed by atoms with Crippen molar-refractivity contribution in [3.63, 3.8) is 0 Å². The van der Waals surface area contributed by atoms with E-state index in [0.717, 1.165) is 4.88 Å². The van der Waals surface area contributed by atoms with Gasteiger partial charge in [-0.2, -0.15) is 4.98 Å². The topological polar surface area (TPSA) is 109 Å². The molecule has 8 nitrogen and oxygen atoms in total. The average Bonchev–Trinajstić information content (AvgIpc) is 3.47. The highest BCUT2D eigenvalue weighted by Gasteiger charge is 2.20. The molecule has 0 atom stereocenters. The SMILES string of the molecule is NC(=O)COc1cccc(COC(=O)c2nc(-c3cccs3)n(-c3ccc(F)cc3)n2)c1. The Kier molecular flexibility index (Phi) is 6.22. The lowest BCUT2D eigenvalue weighted by Gasteiger charge is -2.06. The quantitative estimate of drug-likeness (QED) is 0.411. The lowest BCUT2D eigenvalue weighted by molar-refractivity contribution is -0.119. The number of ether oxygens (including phenoxy) is 2. The molecule has 0 saturated heterocycles. The number of nitrogens with two attached hydrogens (primary N) is 1. The van der Waals surface area contributed by atoms with Gasteiger partial charge in [-0.25, -0.2) is 13.9 Å². The van der Waals surface area contributed by atoms with E-state index in [0.29, 0.717) is 22.8 Å². The first kappa shape index (κ1) is 21.2. The van der Waals surface area contributed by atoms with E-state index in [1.807, 2.05) is 17.5 Å². The van der Waals surface area contributed by atoms with Crippen LogP contribution in [0.4, 0.5) is 4.39 Å². The fraction of sp³-hybridized carbons (Fsp3) is 0.0909. The van der Waals surface area contributed by atoms with Gasteiger partial charge in [-0.15, -0.1) is 16.4 Å². The summed E-state index contributed by atoms with van der Waals surface area (Å²) < 4.78 is 25.4. The molecule has 0 saturated carbocycles. The van der Waals surface area contributed by atoms with Crippen LogP contribution in [-0.4, -0.2) is 33.2 Å². The molecule has 0 fully saturated rings. The third kappa shape index (κ3) is 4.98. The molecule has 2 aromatic carbocycles. The number of hydrogen-bond acceptors (Lipinski definition) is 7. The van der Waals surface area contributed by atoms with Crippen LogP contribution in [-0.2, 0) is 16.1 Å². The second-order valence-corrected chi connectivity index (χ2v) is 7.55. The molecular formula is C22H17FN4O4S. The summed E-state index contributed by atoms with van der Waals surface area (Å²) in [5.41, 5.74) is 6.28. The minimum atomic E-state index is -0.716. The molecule has 0 aliphatic rings. The molecule has 0 unspecified atom stereocenters. The van der Waals surface area contributed by atoms with Crippen molar-refractivity contribution in [1.82, 2.24) is 14.8 Å². The summed E-state index contributed by atoms with van der Waals surface area (Å²) in [7, 11) is 0. The van der Waals surface area contributed by atoms with E-state index in [2.05, 4.69) is 10.1 Å². The maximum absolute atomic E-state index is 13.3. The highest BCUT2D eigenvalue weighted by Crippen LogP contribution is 2.26. The number of nitrogens with zero attached hydrogens (tertiary/aromatic N) is 3. The number of benzene rings is 2. The zero-order valence-corrected chi connectivity index (χ0v) is 17.4.